The minimum atomic E-state index is 0.635. The van der Waals surface area contributed by atoms with Crippen LogP contribution < -0.4 is 5.32 Å². The molecule has 1 rings (SSSR count). The van der Waals surface area contributed by atoms with Crippen LogP contribution in [0.5, 0.6) is 0 Å². The second-order valence-electron chi connectivity index (χ2n) is 4.94. The van der Waals surface area contributed by atoms with Gasteiger partial charge in [0.15, 0.2) is 0 Å². The zero-order valence-corrected chi connectivity index (χ0v) is 11.6. The van der Waals surface area contributed by atoms with E-state index in [1.165, 1.54) is 37.8 Å². The lowest BCUT2D eigenvalue weighted by Gasteiger charge is -2.12. The number of hydrogen-bond acceptors (Lipinski definition) is 2. The second kappa shape index (κ2) is 8.29. The predicted octanol–water partition coefficient (Wildman–Crippen LogP) is 2.91. The Hall–Kier alpha value is -0.830. The fourth-order valence-electron chi connectivity index (χ4n) is 2.02. The summed E-state index contributed by atoms with van der Waals surface area (Å²) in [4.78, 5) is 0. The van der Waals surface area contributed by atoms with Crippen LogP contribution in [0, 0.1) is 0 Å². The molecule has 3 heteroatoms. The maximum Gasteiger partial charge on any atom is 0.0637 e. The van der Waals surface area contributed by atoms with Crippen molar-refractivity contribution in [3.05, 3.63) is 18.0 Å². The fraction of sp³-hybridized carbons (Fsp3) is 0.786. The van der Waals surface area contributed by atoms with E-state index in [2.05, 4.69) is 30.3 Å². The van der Waals surface area contributed by atoms with Crippen molar-refractivity contribution in [2.75, 3.05) is 6.54 Å². The van der Waals surface area contributed by atoms with Crippen LogP contribution in [0.25, 0.3) is 0 Å². The van der Waals surface area contributed by atoms with E-state index in [1.807, 2.05) is 17.9 Å². The Kier molecular flexibility index (Phi) is 6.94. The molecule has 0 aliphatic carbocycles. The molecule has 1 aromatic rings. The number of aromatic nitrogens is 2. The number of nitrogens with zero attached hydrogens (tertiary/aromatic N) is 2. The Morgan fingerprint density at radius 1 is 1.35 bits per heavy atom. The minimum Gasteiger partial charge on any atom is -0.314 e. The van der Waals surface area contributed by atoms with E-state index in [0.29, 0.717) is 6.04 Å². The average molecular weight is 237 g/mol. The van der Waals surface area contributed by atoms with Crippen molar-refractivity contribution in [3.8, 4) is 0 Å². The third kappa shape index (κ3) is 6.47. The van der Waals surface area contributed by atoms with Crippen molar-refractivity contribution in [1.29, 1.82) is 0 Å². The Bertz CT molecular complexity index is 293. The standard InChI is InChI=1S/C14H27N3/c1-4-5-6-7-8-13(2)15-11-9-14-10-12-17(3)16-14/h10,12-13,15H,4-9,11H2,1-3H3. The van der Waals surface area contributed by atoms with Crippen LogP contribution >= 0.6 is 0 Å². The molecular weight excluding hydrogens is 210 g/mol. The van der Waals surface area contributed by atoms with Gasteiger partial charge in [-0.1, -0.05) is 32.6 Å². The number of nitrogens with one attached hydrogen (secondary N) is 1. The van der Waals surface area contributed by atoms with Gasteiger partial charge in [-0.3, -0.25) is 4.68 Å². The SMILES string of the molecule is CCCCCCC(C)NCCc1ccn(C)n1. The van der Waals surface area contributed by atoms with Gasteiger partial charge in [-0.2, -0.15) is 5.10 Å². The first-order chi connectivity index (χ1) is 8.22. The molecule has 0 aliphatic rings. The lowest BCUT2D eigenvalue weighted by atomic mass is 10.1. The van der Waals surface area contributed by atoms with Gasteiger partial charge in [-0.15, -0.1) is 0 Å². The molecule has 1 unspecified atom stereocenters. The molecule has 3 nitrogen and oxygen atoms in total. The topological polar surface area (TPSA) is 29.9 Å². The van der Waals surface area contributed by atoms with Gasteiger partial charge in [0.25, 0.3) is 0 Å². The lowest BCUT2D eigenvalue weighted by molar-refractivity contribution is 0.484. The van der Waals surface area contributed by atoms with Crippen LogP contribution in [-0.4, -0.2) is 22.4 Å². The largest absolute Gasteiger partial charge is 0.314 e. The molecule has 0 spiro atoms. The van der Waals surface area contributed by atoms with Crippen molar-refractivity contribution in [2.45, 2.75) is 58.4 Å². The summed E-state index contributed by atoms with van der Waals surface area (Å²) in [6.07, 6.45) is 9.75. The molecule has 1 N–H and O–H groups in total. The molecule has 0 saturated heterocycles. The van der Waals surface area contributed by atoms with Gasteiger partial charge in [-0.05, 0) is 19.4 Å². The van der Waals surface area contributed by atoms with E-state index in [9.17, 15) is 0 Å². The lowest BCUT2D eigenvalue weighted by Crippen LogP contribution is -2.28. The Morgan fingerprint density at radius 3 is 2.82 bits per heavy atom. The van der Waals surface area contributed by atoms with Crippen LogP contribution in [0.1, 0.15) is 51.6 Å². The maximum atomic E-state index is 4.37. The molecule has 98 valence electrons. The Labute approximate surface area is 106 Å². The van der Waals surface area contributed by atoms with Crippen LogP contribution in [0.4, 0.5) is 0 Å². The van der Waals surface area contributed by atoms with Gasteiger partial charge in [0, 0.05) is 32.3 Å². The molecule has 0 radical (unpaired) electrons. The third-order valence-corrected chi connectivity index (χ3v) is 3.13. The highest BCUT2D eigenvalue weighted by Gasteiger charge is 2.02. The van der Waals surface area contributed by atoms with Gasteiger partial charge in [0.2, 0.25) is 0 Å². The van der Waals surface area contributed by atoms with Gasteiger partial charge >= 0.3 is 0 Å². The highest BCUT2D eigenvalue weighted by atomic mass is 15.2. The molecule has 17 heavy (non-hydrogen) atoms. The molecule has 0 aliphatic heterocycles. The average Bonchev–Trinajstić information content (AvgIpc) is 2.71. The van der Waals surface area contributed by atoms with Crippen molar-refractivity contribution < 1.29 is 0 Å². The van der Waals surface area contributed by atoms with E-state index in [-0.39, 0.29) is 0 Å². The molecule has 1 atom stereocenters. The zero-order chi connectivity index (χ0) is 12.5. The van der Waals surface area contributed by atoms with E-state index < -0.39 is 0 Å². The van der Waals surface area contributed by atoms with E-state index in [1.54, 1.807) is 0 Å². The summed E-state index contributed by atoms with van der Waals surface area (Å²) in [6, 6.07) is 2.73. The Morgan fingerprint density at radius 2 is 2.18 bits per heavy atom. The van der Waals surface area contributed by atoms with E-state index in [4.69, 9.17) is 0 Å². The van der Waals surface area contributed by atoms with Gasteiger partial charge in [-0.25, -0.2) is 0 Å². The van der Waals surface area contributed by atoms with Gasteiger partial charge < -0.3 is 5.32 Å². The molecule has 0 fully saturated rings. The van der Waals surface area contributed by atoms with Crippen LogP contribution in [0.2, 0.25) is 0 Å². The van der Waals surface area contributed by atoms with Gasteiger partial charge in [0.05, 0.1) is 5.69 Å². The van der Waals surface area contributed by atoms with Crippen LogP contribution in [0.15, 0.2) is 12.3 Å². The molecule has 0 bridgehead atoms. The predicted molar refractivity (Wildman–Crippen MR) is 73.1 cm³/mol. The number of hydrogen-bond donors (Lipinski definition) is 1. The van der Waals surface area contributed by atoms with Crippen LogP contribution in [-0.2, 0) is 13.5 Å². The Balaban J connectivity index is 2.02. The molecular formula is C14H27N3. The van der Waals surface area contributed by atoms with E-state index >= 15 is 0 Å². The number of unbranched alkanes of at least 4 members (excludes halogenated alkanes) is 3. The smallest absolute Gasteiger partial charge is 0.0637 e. The molecule has 0 saturated carbocycles. The number of aryl methyl sites for hydroxylation is 1. The van der Waals surface area contributed by atoms with Crippen molar-refractivity contribution in [1.82, 2.24) is 15.1 Å². The highest BCUT2D eigenvalue weighted by Crippen LogP contribution is 2.05. The maximum absolute atomic E-state index is 4.37. The quantitative estimate of drug-likeness (QED) is 0.669. The number of rotatable bonds is 9. The summed E-state index contributed by atoms with van der Waals surface area (Å²) in [5.74, 6) is 0. The normalized spacial score (nSPS) is 12.9. The summed E-state index contributed by atoms with van der Waals surface area (Å²) in [6.45, 7) is 5.57. The van der Waals surface area contributed by atoms with Crippen LogP contribution in [0.3, 0.4) is 0 Å². The van der Waals surface area contributed by atoms with E-state index in [0.717, 1.165) is 13.0 Å². The first kappa shape index (κ1) is 14.2. The first-order valence-corrected chi connectivity index (χ1v) is 6.94. The summed E-state index contributed by atoms with van der Waals surface area (Å²) >= 11 is 0. The van der Waals surface area contributed by atoms with Gasteiger partial charge in [0.1, 0.15) is 0 Å². The molecule has 0 amide bonds. The zero-order valence-electron chi connectivity index (χ0n) is 11.6. The van der Waals surface area contributed by atoms with Crippen molar-refractivity contribution in [3.63, 3.8) is 0 Å². The molecule has 1 aromatic heterocycles. The first-order valence-electron chi connectivity index (χ1n) is 6.94. The molecule has 0 aromatic carbocycles. The second-order valence-corrected chi connectivity index (χ2v) is 4.94. The third-order valence-electron chi connectivity index (χ3n) is 3.13. The summed E-state index contributed by atoms with van der Waals surface area (Å²) < 4.78 is 1.86. The summed E-state index contributed by atoms with van der Waals surface area (Å²) in [5, 5.41) is 7.94. The fourth-order valence-corrected chi connectivity index (χ4v) is 2.02. The van der Waals surface area contributed by atoms with Crippen molar-refractivity contribution >= 4 is 0 Å². The van der Waals surface area contributed by atoms with Crippen molar-refractivity contribution in [2.24, 2.45) is 7.05 Å². The monoisotopic (exact) mass is 237 g/mol. The summed E-state index contributed by atoms with van der Waals surface area (Å²) in [7, 11) is 1.97. The molecule has 1 heterocycles. The minimum absolute atomic E-state index is 0.635. The summed E-state index contributed by atoms with van der Waals surface area (Å²) in [5.41, 5.74) is 1.18. The highest BCUT2D eigenvalue weighted by molar-refractivity contribution is 4.98.